The standard InChI is InChI=1S/C12H16ClF2N/c1-2-16(8-4-7-13)9-10-5-3-6-11(14)12(10)15/h3,5-6H,2,4,7-9H2,1H3. The summed E-state index contributed by atoms with van der Waals surface area (Å²) in [5.74, 6) is -0.944. The van der Waals surface area contributed by atoms with E-state index in [0.29, 0.717) is 18.0 Å². The van der Waals surface area contributed by atoms with Crippen molar-refractivity contribution in [2.45, 2.75) is 19.9 Å². The first-order chi connectivity index (χ1) is 7.69. The smallest absolute Gasteiger partial charge is 0.163 e. The van der Waals surface area contributed by atoms with Crippen LogP contribution in [0.15, 0.2) is 18.2 Å². The van der Waals surface area contributed by atoms with Crippen LogP contribution in [0.4, 0.5) is 8.78 Å². The minimum atomic E-state index is -0.786. The fraction of sp³-hybridized carbons (Fsp3) is 0.500. The molecule has 0 radical (unpaired) electrons. The van der Waals surface area contributed by atoms with Crippen molar-refractivity contribution >= 4 is 11.6 Å². The lowest BCUT2D eigenvalue weighted by molar-refractivity contribution is 0.275. The fourth-order valence-electron chi connectivity index (χ4n) is 1.54. The first-order valence-electron chi connectivity index (χ1n) is 5.40. The maximum Gasteiger partial charge on any atom is 0.163 e. The SMILES string of the molecule is CCN(CCCCl)Cc1cccc(F)c1F. The molecule has 0 bridgehead atoms. The zero-order chi connectivity index (χ0) is 12.0. The quantitative estimate of drug-likeness (QED) is 0.697. The first kappa shape index (κ1) is 13.4. The van der Waals surface area contributed by atoms with Crippen molar-refractivity contribution in [3.05, 3.63) is 35.4 Å². The topological polar surface area (TPSA) is 3.24 Å². The van der Waals surface area contributed by atoms with Crippen molar-refractivity contribution in [2.75, 3.05) is 19.0 Å². The molecule has 0 aliphatic heterocycles. The Hall–Kier alpha value is -0.670. The molecule has 1 rings (SSSR count). The second-order valence-corrected chi connectivity index (χ2v) is 4.00. The third kappa shape index (κ3) is 3.72. The summed E-state index contributed by atoms with van der Waals surface area (Å²) in [7, 11) is 0. The summed E-state index contributed by atoms with van der Waals surface area (Å²) in [6, 6.07) is 4.28. The van der Waals surface area contributed by atoms with Crippen LogP contribution < -0.4 is 0 Å². The third-order valence-corrected chi connectivity index (χ3v) is 2.75. The monoisotopic (exact) mass is 247 g/mol. The molecule has 1 nitrogen and oxygen atoms in total. The lowest BCUT2D eigenvalue weighted by Gasteiger charge is -2.20. The minimum absolute atomic E-state index is 0.399. The van der Waals surface area contributed by atoms with Gasteiger partial charge in [0.15, 0.2) is 11.6 Å². The van der Waals surface area contributed by atoms with Crippen LogP contribution in [0.2, 0.25) is 0 Å². The Labute approximate surface area is 100 Å². The summed E-state index contributed by atoms with van der Waals surface area (Å²) >= 11 is 5.60. The van der Waals surface area contributed by atoms with E-state index < -0.39 is 11.6 Å². The zero-order valence-electron chi connectivity index (χ0n) is 9.35. The van der Waals surface area contributed by atoms with Gasteiger partial charge in [-0.25, -0.2) is 8.78 Å². The molecule has 0 aliphatic carbocycles. The Morgan fingerprint density at radius 2 is 2.06 bits per heavy atom. The van der Waals surface area contributed by atoms with Crippen LogP contribution in [0.25, 0.3) is 0 Å². The Morgan fingerprint density at radius 1 is 1.31 bits per heavy atom. The molecule has 0 aliphatic rings. The van der Waals surface area contributed by atoms with Crippen molar-refractivity contribution in [1.29, 1.82) is 0 Å². The van der Waals surface area contributed by atoms with Gasteiger partial charge < -0.3 is 0 Å². The summed E-state index contributed by atoms with van der Waals surface area (Å²) in [5, 5.41) is 0. The summed E-state index contributed by atoms with van der Waals surface area (Å²) in [6.07, 6.45) is 0.854. The average molecular weight is 248 g/mol. The number of rotatable bonds is 6. The van der Waals surface area contributed by atoms with Gasteiger partial charge >= 0.3 is 0 Å². The molecule has 16 heavy (non-hydrogen) atoms. The molecule has 0 amide bonds. The Bertz CT molecular complexity index is 331. The Balaban J connectivity index is 2.66. The second-order valence-electron chi connectivity index (χ2n) is 3.62. The molecule has 0 spiro atoms. The van der Waals surface area contributed by atoms with Crippen molar-refractivity contribution in [3.63, 3.8) is 0 Å². The summed E-state index contributed by atoms with van der Waals surface area (Å²) in [5.41, 5.74) is 0.399. The maximum absolute atomic E-state index is 13.4. The van der Waals surface area contributed by atoms with Gasteiger partial charge in [-0.3, -0.25) is 4.90 Å². The highest BCUT2D eigenvalue weighted by molar-refractivity contribution is 6.17. The van der Waals surface area contributed by atoms with Crippen LogP contribution >= 0.6 is 11.6 Å². The molecule has 0 N–H and O–H groups in total. The zero-order valence-corrected chi connectivity index (χ0v) is 10.1. The normalized spacial score (nSPS) is 11.1. The van der Waals surface area contributed by atoms with Crippen molar-refractivity contribution in [3.8, 4) is 0 Å². The van der Waals surface area contributed by atoms with Gasteiger partial charge in [0.2, 0.25) is 0 Å². The van der Waals surface area contributed by atoms with Gasteiger partial charge in [0.25, 0.3) is 0 Å². The van der Waals surface area contributed by atoms with E-state index in [1.807, 2.05) is 11.8 Å². The van der Waals surface area contributed by atoms with Gasteiger partial charge in [-0.05, 0) is 25.6 Å². The Morgan fingerprint density at radius 3 is 2.69 bits per heavy atom. The van der Waals surface area contributed by atoms with Crippen LogP contribution in [0, 0.1) is 11.6 Å². The molecule has 0 saturated carbocycles. The van der Waals surface area contributed by atoms with Crippen LogP contribution in [-0.2, 0) is 6.54 Å². The molecule has 1 aromatic carbocycles. The lowest BCUT2D eigenvalue weighted by atomic mass is 10.2. The van der Waals surface area contributed by atoms with Crippen LogP contribution in [0.5, 0.6) is 0 Å². The van der Waals surface area contributed by atoms with Gasteiger partial charge in [-0.2, -0.15) is 0 Å². The van der Waals surface area contributed by atoms with Crippen LogP contribution in [-0.4, -0.2) is 23.9 Å². The third-order valence-electron chi connectivity index (χ3n) is 2.48. The number of halogens is 3. The van der Waals surface area contributed by atoms with E-state index in [0.717, 1.165) is 25.6 Å². The Kier molecular flexibility index (Phi) is 5.71. The molecule has 0 fully saturated rings. The average Bonchev–Trinajstić information content (AvgIpc) is 2.30. The number of alkyl halides is 1. The second kappa shape index (κ2) is 6.81. The van der Waals surface area contributed by atoms with E-state index in [2.05, 4.69) is 0 Å². The molecule has 0 unspecified atom stereocenters. The fourth-order valence-corrected chi connectivity index (χ4v) is 1.66. The van der Waals surface area contributed by atoms with Crippen molar-refractivity contribution in [2.24, 2.45) is 0 Å². The van der Waals surface area contributed by atoms with Crippen molar-refractivity contribution in [1.82, 2.24) is 4.90 Å². The summed E-state index contributed by atoms with van der Waals surface area (Å²) in [4.78, 5) is 2.04. The minimum Gasteiger partial charge on any atom is -0.299 e. The number of nitrogens with zero attached hydrogens (tertiary/aromatic N) is 1. The molecule has 0 aromatic heterocycles. The van der Waals surface area contributed by atoms with Gasteiger partial charge in [-0.15, -0.1) is 11.6 Å². The molecule has 90 valence electrons. The van der Waals surface area contributed by atoms with Gasteiger partial charge in [0.05, 0.1) is 0 Å². The number of hydrogen-bond acceptors (Lipinski definition) is 1. The number of benzene rings is 1. The molecular weight excluding hydrogens is 232 g/mol. The molecular formula is C12H16ClF2N. The molecule has 0 heterocycles. The molecule has 0 saturated heterocycles. The maximum atomic E-state index is 13.4. The van der Waals surface area contributed by atoms with E-state index in [-0.39, 0.29) is 0 Å². The molecule has 4 heteroatoms. The number of hydrogen-bond donors (Lipinski definition) is 0. The van der Waals surface area contributed by atoms with Gasteiger partial charge in [0, 0.05) is 18.0 Å². The lowest BCUT2D eigenvalue weighted by Crippen LogP contribution is -2.25. The van der Waals surface area contributed by atoms with Gasteiger partial charge in [-0.1, -0.05) is 19.1 Å². The van der Waals surface area contributed by atoms with Crippen LogP contribution in [0.1, 0.15) is 18.9 Å². The highest BCUT2D eigenvalue weighted by Gasteiger charge is 2.10. The first-order valence-corrected chi connectivity index (χ1v) is 5.93. The highest BCUT2D eigenvalue weighted by atomic mass is 35.5. The van der Waals surface area contributed by atoms with Crippen LogP contribution in [0.3, 0.4) is 0 Å². The predicted octanol–water partition coefficient (Wildman–Crippen LogP) is 3.42. The molecule has 1 aromatic rings. The van der Waals surface area contributed by atoms with E-state index in [4.69, 9.17) is 11.6 Å². The summed E-state index contributed by atoms with van der Waals surface area (Å²) in [6.45, 7) is 4.02. The van der Waals surface area contributed by atoms with Crippen molar-refractivity contribution < 1.29 is 8.78 Å². The molecule has 0 atom stereocenters. The highest BCUT2D eigenvalue weighted by Crippen LogP contribution is 2.13. The van der Waals surface area contributed by atoms with Gasteiger partial charge in [0.1, 0.15) is 0 Å². The van der Waals surface area contributed by atoms with E-state index in [1.165, 1.54) is 6.07 Å². The van der Waals surface area contributed by atoms with E-state index in [1.54, 1.807) is 6.07 Å². The predicted molar refractivity (Wildman–Crippen MR) is 62.6 cm³/mol. The largest absolute Gasteiger partial charge is 0.299 e. The van der Waals surface area contributed by atoms with E-state index in [9.17, 15) is 8.78 Å². The summed E-state index contributed by atoms with van der Waals surface area (Å²) < 4.78 is 26.4. The van der Waals surface area contributed by atoms with E-state index >= 15 is 0 Å².